The van der Waals surface area contributed by atoms with Gasteiger partial charge in [-0.2, -0.15) is 0 Å². The summed E-state index contributed by atoms with van der Waals surface area (Å²) in [6.45, 7) is 7.51. The molecule has 4 heteroatoms. The van der Waals surface area contributed by atoms with Gasteiger partial charge in [-0.15, -0.1) is 0 Å². The SMILES string of the molecule is CCOC(C)c1nc(C)cc(CNC2CC2)n1. The molecule has 94 valence electrons. The summed E-state index contributed by atoms with van der Waals surface area (Å²) >= 11 is 0. The number of hydrogen-bond donors (Lipinski definition) is 1. The van der Waals surface area contributed by atoms with Gasteiger partial charge in [-0.25, -0.2) is 9.97 Å². The maximum absolute atomic E-state index is 5.53. The highest BCUT2D eigenvalue weighted by Gasteiger charge is 2.20. The Morgan fingerprint density at radius 1 is 1.47 bits per heavy atom. The topological polar surface area (TPSA) is 47.0 Å². The van der Waals surface area contributed by atoms with E-state index in [-0.39, 0.29) is 6.10 Å². The molecule has 1 aliphatic rings. The Labute approximate surface area is 103 Å². The lowest BCUT2D eigenvalue weighted by atomic mass is 10.3. The lowest BCUT2D eigenvalue weighted by Gasteiger charge is -2.12. The molecule has 17 heavy (non-hydrogen) atoms. The molecule has 1 aromatic rings. The van der Waals surface area contributed by atoms with Gasteiger partial charge in [0.2, 0.25) is 0 Å². The molecule has 1 atom stereocenters. The van der Waals surface area contributed by atoms with Crippen LogP contribution in [-0.2, 0) is 11.3 Å². The van der Waals surface area contributed by atoms with Crippen molar-refractivity contribution in [2.45, 2.75) is 52.3 Å². The maximum atomic E-state index is 5.53. The second-order valence-corrected chi connectivity index (χ2v) is 4.61. The van der Waals surface area contributed by atoms with Crippen molar-refractivity contribution in [3.05, 3.63) is 23.3 Å². The van der Waals surface area contributed by atoms with Crippen LogP contribution in [0, 0.1) is 6.92 Å². The first kappa shape index (κ1) is 12.5. The van der Waals surface area contributed by atoms with Crippen molar-refractivity contribution in [1.29, 1.82) is 0 Å². The number of aromatic nitrogens is 2. The minimum atomic E-state index is -0.0282. The van der Waals surface area contributed by atoms with E-state index in [1.807, 2.05) is 26.8 Å². The average Bonchev–Trinajstić information content (AvgIpc) is 3.10. The first-order chi connectivity index (χ1) is 8.19. The molecule has 0 aliphatic heterocycles. The van der Waals surface area contributed by atoms with Gasteiger partial charge < -0.3 is 10.1 Å². The van der Waals surface area contributed by atoms with Crippen LogP contribution in [0.3, 0.4) is 0 Å². The van der Waals surface area contributed by atoms with Crippen molar-refractivity contribution in [2.24, 2.45) is 0 Å². The number of ether oxygens (including phenoxy) is 1. The molecule has 0 bridgehead atoms. The Morgan fingerprint density at radius 3 is 2.88 bits per heavy atom. The third-order valence-corrected chi connectivity index (χ3v) is 2.85. The second-order valence-electron chi connectivity index (χ2n) is 4.61. The van der Waals surface area contributed by atoms with E-state index in [1.165, 1.54) is 12.8 Å². The molecule has 1 aliphatic carbocycles. The van der Waals surface area contributed by atoms with Crippen LogP contribution in [0.5, 0.6) is 0 Å². The van der Waals surface area contributed by atoms with E-state index in [9.17, 15) is 0 Å². The predicted octanol–water partition coefficient (Wildman–Crippen LogP) is 2.13. The smallest absolute Gasteiger partial charge is 0.157 e. The van der Waals surface area contributed by atoms with Crippen molar-refractivity contribution >= 4 is 0 Å². The van der Waals surface area contributed by atoms with Gasteiger partial charge in [0, 0.05) is 24.9 Å². The molecule has 0 saturated heterocycles. The first-order valence-electron chi connectivity index (χ1n) is 6.38. The van der Waals surface area contributed by atoms with Crippen LogP contribution in [0.2, 0.25) is 0 Å². The molecule has 1 unspecified atom stereocenters. The molecule has 0 amide bonds. The van der Waals surface area contributed by atoms with Crippen LogP contribution in [0.1, 0.15) is 50.0 Å². The van der Waals surface area contributed by atoms with Gasteiger partial charge in [-0.05, 0) is 39.7 Å². The molecule has 0 spiro atoms. The molecule has 4 nitrogen and oxygen atoms in total. The predicted molar refractivity (Wildman–Crippen MR) is 66.7 cm³/mol. The van der Waals surface area contributed by atoms with Crippen LogP contribution in [-0.4, -0.2) is 22.6 Å². The molecule has 2 rings (SSSR count). The minimum absolute atomic E-state index is 0.0282. The first-order valence-corrected chi connectivity index (χ1v) is 6.38. The van der Waals surface area contributed by atoms with Crippen LogP contribution in [0.15, 0.2) is 6.07 Å². The van der Waals surface area contributed by atoms with Crippen molar-refractivity contribution in [2.75, 3.05) is 6.61 Å². The largest absolute Gasteiger partial charge is 0.371 e. The number of nitrogens with zero attached hydrogens (tertiary/aromatic N) is 2. The highest BCUT2D eigenvalue weighted by atomic mass is 16.5. The van der Waals surface area contributed by atoms with Gasteiger partial charge >= 0.3 is 0 Å². The summed E-state index contributed by atoms with van der Waals surface area (Å²) in [5.41, 5.74) is 2.07. The molecule has 1 N–H and O–H groups in total. The summed E-state index contributed by atoms with van der Waals surface area (Å²) in [5, 5.41) is 3.47. The van der Waals surface area contributed by atoms with E-state index in [0.717, 1.165) is 23.8 Å². The maximum Gasteiger partial charge on any atom is 0.157 e. The summed E-state index contributed by atoms with van der Waals surface area (Å²) in [7, 11) is 0. The van der Waals surface area contributed by atoms with Crippen molar-refractivity contribution in [3.63, 3.8) is 0 Å². The Balaban J connectivity index is 2.04. The average molecular weight is 235 g/mol. The number of hydrogen-bond acceptors (Lipinski definition) is 4. The summed E-state index contributed by atoms with van der Waals surface area (Å²) in [4.78, 5) is 8.98. The van der Waals surface area contributed by atoms with Crippen molar-refractivity contribution in [3.8, 4) is 0 Å². The quantitative estimate of drug-likeness (QED) is 0.820. The third kappa shape index (κ3) is 3.75. The zero-order valence-electron chi connectivity index (χ0n) is 10.9. The normalized spacial score (nSPS) is 17.1. The van der Waals surface area contributed by atoms with E-state index < -0.39 is 0 Å². The van der Waals surface area contributed by atoms with E-state index >= 15 is 0 Å². The highest BCUT2D eigenvalue weighted by Crippen LogP contribution is 2.19. The van der Waals surface area contributed by atoms with Crippen molar-refractivity contribution in [1.82, 2.24) is 15.3 Å². The fourth-order valence-corrected chi connectivity index (χ4v) is 1.79. The fraction of sp³-hybridized carbons (Fsp3) is 0.692. The Hall–Kier alpha value is -1.00. The van der Waals surface area contributed by atoms with Gasteiger partial charge in [0.25, 0.3) is 0 Å². The number of aryl methyl sites for hydroxylation is 1. The van der Waals surface area contributed by atoms with E-state index in [0.29, 0.717) is 12.6 Å². The molecule has 1 aromatic heterocycles. The zero-order chi connectivity index (χ0) is 12.3. The Bertz CT molecular complexity index is 377. The highest BCUT2D eigenvalue weighted by molar-refractivity contribution is 5.11. The summed E-state index contributed by atoms with van der Waals surface area (Å²) < 4.78 is 5.53. The molecule has 0 radical (unpaired) electrons. The Morgan fingerprint density at radius 2 is 2.24 bits per heavy atom. The summed E-state index contributed by atoms with van der Waals surface area (Å²) in [5.74, 6) is 0.791. The lowest BCUT2D eigenvalue weighted by Crippen LogP contribution is -2.18. The van der Waals surface area contributed by atoms with Crippen LogP contribution < -0.4 is 5.32 Å². The van der Waals surface area contributed by atoms with Gasteiger partial charge in [0.1, 0.15) is 6.10 Å². The lowest BCUT2D eigenvalue weighted by molar-refractivity contribution is 0.0697. The Kier molecular flexibility index (Phi) is 4.07. The molecular formula is C13H21N3O. The van der Waals surface area contributed by atoms with Gasteiger partial charge in [0.05, 0.1) is 5.69 Å². The van der Waals surface area contributed by atoms with Crippen LogP contribution in [0.25, 0.3) is 0 Å². The minimum Gasteiger partial charge on any atom is -0.371 e. The van der Waals surface area contributed by atoms with E-state index in [2.05, 4.69) is 15.3 Å². The molecular weight excluding hydrogens is 214 g/mol. The van der Waals surface area contributed by atoms with Crippen LogP contribution in [0.4, 0.5) is 0 Å². The van der Waals surface area contributed by atoms with E-state index in [4.69, 9.17) is 4.74 Å². The summed E-state index contributed by atoms with van der Waals surface area (Å²) in [6.07, 6.45) is 2.57. The molecule has 0 aromatic carbocycles. The van der Waals surface area contributed by atoms with Gasteiger partial charge in [-0.1, -0.05) is 0 Å². The molecule has 1 fully saturated rings. The van der Waals surface area contributed by atoms with Gasteiger partial charge in [-0.3, -0.25) is 0 Å². The zero-order valence-corrected chi connectivity index (χ0v) is 10.9. The molecule has 1 saturated carbocycles. The van der Waals surface area contributed by atoms with Crippen molar-refractivity contribution < 1.29 is 4.74 Å². The van der Waals surface area contributed by atoms with Gasteiger partial charge in [0.15, 0.2) is 5.82 Å². The number of nitrogens with one attached hydrogen (secondary N) is 1. The third-order valence-electron chi connectivity index (χ3n) is 2.85. The fourth-order valence-electron chi connectivity index (χ4n) is 1.79. The van der Waals surface area contributed by atoms with Crippen LogP contribution >= 0.6 is 0 Å². The monoisotopic (exact) mass is 235 g/mol. The van der Waals surface area contributed by atoms with E-state index in [1.54, 1.807) is 0 Å². The molecule has 1 heterocycles. The second kappa shape index (κ2) is 5.56. The standard InChI is InChI=1S/C13H21N3O/c1-4-17-10(3)13-15-9(2)7-12(16-13)8-14-11-5-6-11/h7,10-11,14H,4-6,8H2,1-3H3. The number of rotatable bonds is 6. The summed E-state index contributed by atoms with van der Waals surface area (Å²) in [6, 6.07) is 2.75.